The molecule has 0 heterocycles. The van der Waals surface area contributed by atoms with Crippen molar-refractivity contribution in [1.82, 2.24) is 0 Å². The third kappa shape index (κ3) is 3.99. The summed E-state index contributed by atoms with van der Waals surface area (Å²) in [6, 6.07) is 4.25. The Labute approximate surface area is 110 Å². The summed E-state index contributed by atoms with van der Waals surface area (Å²) in [5.41, 5.74) is -0.525. The van der Waals surface area contributed by atoms with Gasteiger partial charge < -0.3 is 4.74 Å². The van der Waals surface area contributed by atoms with Gasteiger partial charge in [-0.3, -0.25) is 10.1 Å². The molecule has 0 spiro atoms. The van der Waals surface area contributed by atoms with E-state index in [0.29, 0.717) is 0 Å². The fraction of sp³-hybridized carbons (Fsp3) is 0.300. The van der Waals surface area contributed by atoms with Gasteiger partial charge in [-0.1, -0.05) is 11.6 Å². The maximum atomic E-state index is 12.3. The van der Waals surface area contributed by atoms with Crippen LogP contribution in [0.25, 0.3) is 0 Å². The van der Waals surface area contributed by atoms with E-state index in [1.807, 2.05) is 0 Å². The van der Waals surface area contributed by atoms with Crippen LogP contribution in [0.3, 0.4) is 0 Å². The predicted molar refractivity (Wildman–Crippen MR) is 58.8 cm³/mol. The van der Waals surface area contributed by atoms with E-state index in [2.05, 4.69) is 0 Å². The largest absolute Gasteiger partial charge is 0.485 e. The average molecular weight is 295 g/mol. The van der Waals surface area contributed by atoms with E-state index >= 15 is 0 Å². The SMILES string of the molecule is N#CC(COc1cc(Cl)ccc1[N+](=O)[O-])C(F)(F)F. The van der Waals surface area contributed by atoms with Gasteiger partial charge in [0, 0.05) is 17.2 Å². The van der Waals surface area contributed by atoms with Gasteiger partial charge in [0.1, 0.15) is 6.61 Å². The molecule has 0 aliphatic heterocycles. The quantitative estimate of drug-likeness (QED) is 0.630. The summed E-state index contributed by atoms with van der Waals surface area (Å²) in [6.07, 6.45) is -4.76. The molecule has 0 saturated heterocycles. The number of hydrogen-bond donors (Lipinski definition) is 0. The van der Waals surface area contributed by atoms with Crippen molar-refractivity contribution in [2.24, 2.45) is 5.92 Å². The highest BCUT2D eigenvalue weighted by atomic mass is 35.5. The van der Waals surface area contributed by atoms with Crippen LogP contribution in [0.1, 0.15) is 0 Å². The van der Waals surface area contributed by atoms with Crippen LogP contribution in [0.4, 0.5) is 18.9 Å². The van der Waals surface area contributed by atoms with Crippen molar-refractivity contribution in [3.63, 3.8) is 0 Å². The molecule has 0 bridgehead atoms. The van der Waals surface area contributed by atoms with E-state index in [1.165, 1.54) is 6.07 Å². The molecule has 0 N–H and O–H groups in total. The van der Waals surface area contributed by atoms with Crippen LogP contribution in [-0.4, -0.2) is 17.7 Å². The minimum absolute atomic E-state index is 0.0705. The lowest BCUT2D eigenvalue weighted by atomic mass is 10.2. The Hall–Kier alpha value is -2.01. The zero-order valence-electron chi connectivity index (χ0n) is 9.15. The summed E-state index contributed by atoms with van der Waals surface area (Å²) in [6.45, 7) is -1.04. The molecule has 0 aliphatic carbocycles. The number of benzene rings is 1. The predicted octanol–water partition coefficient (Wildman–Crippen LogP) is 3.33. The Morgan fingerprint density at radius 2 is 2.16 bits per heavy atom. The topological polar surface area (TPSA) is 76.2 Å². The first-order valence-corrected chi connectivity index (χ1v) is 5.16. The molecule has 1 atom stereocenters. The molecule has 19 heavy (non-hydrogen) atoms. The Bertz CT molecular complexity index is 528. The number of nitriles is 1. The van der Waals surface area contributed by atoms with E-state index in [0.717, 1.165) is 18.2 Å². The van der Waals surface area contributed by atoms with Crippen molar-refractivity contribution in [3.8, 4) is 11.8 Å². The van der Waals surface area contributed by atoms with Gasteiger partial charge in [-0.2, -0.15) is 18.4 Å². The zero-order valence-corrected chi connectivity index (χ0v) is 9.90. The second-order valence-corrected chi connectivity index (χ2v) is 3.84. The maximum Gasteiger partial charge on any atom is 0.407 e. The van der Waals surface area contributed by atoms with E-state index in [4.69, 9.17) is 21.6 Å². The minimum atomic E-state index is -4.76. The second-order valence-electron chi connectivity index (χ2n) is 3.40. The molecule has 0 saturated carbocycles. The molecular formula is C10H6ClF3N2O3. The molecule has 9 heteroatoms. The molecule has 0 aromatic heterocycles. The molecule has 0 fully saturated rings. The highest BCUT2D eigenvalue weighted by molar-refractivity contribution is 6.30. The maximum absolute atomic E-state index is 12.3. The molecule has 1 aromatic rings. The number of ether oxygens (including phenoxy) is 1. The van der Waals surface area contributed by atoms with Gasteiger partial charge in [0.2, 0.25) is 0 Å². The Morgan fingerprint density at radius 3 is 2.63 bits per heavy atom. The summed E-state index contributed by atoms with van der Waals surface area (Å²) in [7, 11) is 0. The van der Waals surface area contributed by atoms with Gasteiger partial charge in [-0.25, -0.2) is 0 Å². The van der Waals surface area contributed by atoms with Crippen molar-refractivity contribution in [1.29, 1.82) is 5.26 Å². The van der Waals surface area contributed by atoms with Crippen LogP contribution < -0.4 is 4.74 Å². The number of nitro benzene ring substituents is 1. The molecule has 5 nitrogen and oxygen atoms in total. The third-order valence-corrected chi connectivity index (χ3v) is 2.31. The Balaban J connectivity index is 2.91. The third-order valence-electron chi connectivity index (χ3n) is 2.08. The number of nitro groups is 1. The molecule has 1 rings (SSSR count). The summed E-state index contributed by atoms with van der Waals surface area (Å²) < 4.78 is 41.6. The molecule has 1 unspecified atom stereocenters. The van der Waals surface area contributed by atoms with Crippen molar-refractivity contribution in [2.45, 2.75) is 6.18 Å². The average Bonchev–Trinajstić information content (AvgIpc) is 2.27. The van der Waals surface area contributed by atoms with Crippen molar-refractivity contribution >= 4 is 17.3 Å². The molecular weight excluding hydrogens is 289 g/mol. The van der Waals surface area contributed by atoms with Gasteiger partial charge in [0.15, 0.2) is 11.7 Å². The van der Waals surface area contributed by atoms with Gasteiger partial charge in [0.05, 0.1) is 11.0 Å². The van der Waals surface area contributed by atoms with Gasteiger partial charge >= 0.3 is 11.9 Å². The van der Waals surface area contributed by atoms with E-state index < -0.39 is 35.1 Å². The van der Waals surface area contributed by atoms with E-state index in [-0.39, 0.29) is 5.02 Å². The van der Waals surface area contributed by atoms with Crippen LogP contribution in [-0.2, 0) is 0 Å². The van der Waals surface area contributed by atoms with E-state index in [9.17, 15) is 23.3 Å². The minimum Gasteiger partial charge on any atom is -0.485 e. The molecule has 0 radical (unpaired) electrons. The monoisotopic (exact) mass is 294 g/mol. The van der Waals surface area contributed by atoms with Crippen LogP contribution in [0, 0.1) is 27.4 Å². The van der Waals surface area contributed by atoms with Gasteiger partial charge in [0.25, 0.3) is 0 Å². The van der Waals surface area contributed by atoms with Gasteiger partial charge in [-0.15, -0.1) is 0 Å². The van der Waals surface area contributed by atoms with Crippen LogP contribution in [0.2, 0.25) is 5.02 Å². The normalized spacial score (nSPS) is 12.6. The smallest absolute Gasteiger partial charge is 0.407 e. The van der Waals surface area contributed by atoms with Gasteiger partial charge in [-0.05, 0) is 6.07 Å². The highest BCUT2D eigenvalue weighted by Gasteiger charge is 2.40. The molecule has 0 amide bonds. The summed E-state index contributed by atoms with van der Waals surface area (Å²) in [4.78, 5) is 9.82. The standard InChI is InChI=1S/C10H6ClF3N2O3/c11-7-1-2-8(16(17)18)9(3-7)19-5-6(4-15)10(12,13)14/h1-3,6H,5H2. The molecule has 1 aromatic carbocycles. The second kappa shape index (κ2) is 5.75. The fourth-order valence-electron chi connectivity index (χ4n) is 1.13. The van der Waals surface area contributed by atoms with Crippen LogP contribution >= 0.6 is 11.6 Å². The van der Waals surface area contributed by atoms with Crippen molar-refractivity contribution < 1.29 is 22.8 Å². The first-order chi connectivity index (χ1) is 8.75. The number of alkyl halides is 3. The molecule has 0 aliphatic rings. The lowest BCUT2D eigenvalue weighted by Crippen LogP contribution is -2.27. The first kappa shape index (κ1) is 15.0. The fourth-order valence-corrected chi connectivity index (χ4v) is 1.29. The van der Waals surface area contributed by atoms with Crippen molar-refractivity contribution in [3.05, 3.63) is 33.3 Å². The highest BCUT2D eigenvalue weighted by Crippen LogP contribution is 2.32. The summed E-state index contributed by atoms with van der Waals surface area (Å²) in [5, 5.41) is 19.1. The first-order valence-electron chi connectivity index (χ1n) is 4.78. The number of nitrogens with zero attached hydrogens (tertiary/aromatic N) is 2. The number of rotatable bonds is 4. The molecule has 102 valence electrons. The van der Waals surface area contributed by atoms with Crippen LogP contribution in [0.5, 0.6) is 5.75 Å². The number of halogens is 4. The Kier molecular flexibility index (Phi) is 4.56. The number of hydrogen-bond acceptors (Lipinski definition) is 4. The lowest BCUT2D eigenvalue weighted by molar-refractivity contribution is -0.386. The zero-order chi connectivity index (χ0) is 14.6. The van der Waals surface area contributed by atoms with Crippen LogP contribution in [0.15, 0.2) is 18.2 Å². The lowest BCUT2D eigenvalue weighted by Gasteiger charge is -2.14. The Morgan fingerprint density at radius 1 is 1.53 bits per heavy atom. The van der Waals surface area contributed by atoms with E-state index in [1.54, 1.807) is 0 Å². The summed E-state index contributed by atoms with van der Waals surface area (Å²) >= 11 is 5.57. The summed E-state index contributed by atoms with van der Waals surface area (Å²) in [5.74, 6) is -2.78. The van der Waals surface area contributed by atoms with Crippen molar-refractivity contribution in [2.75, 3.05) is 6.61 Å².